The van der Waals surface area contributed by atoms with Crippen molar-refractivity contribution >= 4 is 50.3 Å². The van der Waals surface area contributed by atoms with Crippen LogP contribution in [0.4, 0.5) is 11.4 Å². The predicted octanol–water partition coefficient (Wildman–Crippen LogP) is 8.66. The van der Waals surface area contributed by atoms with Gasteiger partial charge >= 0.3 is 0 Å². The Bertz CT molecular complexity index is 1790. The van der Waals surface area contributed by atoms with Crippen LogP contribution in [0.1, 0.15) is 105 Å². The van der Waals surface area contributed by atoms with Crippen LogP contribution in [0.3, 0.4) is 0 Å². The zero-order valence-electron chi connectivity index (χ0n) is 31.8. The number of hydrogen-bond acceptors (Lipinski definition) is 7. The molecule has 1 aliphatic rings. The van der Waals surface area contributed by atoms with E-state index >= 15 is 0 Å². The lowest BCUT2D eigenvalue weighted by atomic mass is 9.76. The van der Waals surface area contributed by atoms with Gasteiger partial charge in [-0.2, -0.15) is 0 Å². The highest BCUT2D eigenvalue weighted by molar-refractivity contribution is 7.88. The number of nitrogens with zero attached hydrogens (tertiary/aromatic N) is 2. The van der Waals surface area contributed by atoms with Gasteiger partial charge in [0.05, 0.1) is 22.7 Å². The van der Waals surface area contributed by atoms with Crippen molar-refractivity contribution in [3.63, 3.8) is 0 Å². The Morgan fingerprint density at radius 2 is 1.66 bits per heavy atom. The Kier molecular flexibility index (Phi) is 13.9. The fourth-order valence-corrected chi connectivity index (χ4v) is 6.43. The van der Waals surface area contributed by atoms with E-state index in [2.05, 4.69) is 63.3 Å². The van der Waals surface area contributed by atoms with Gasteiger partial charge in [-0.25, -0.2) is 18.1 Å². The van der Waals surface area contributed by atoms with E-state index in [4.69, 9.17) is 21.3 Å². The van der Waals surface area contributed by atoms with Gasteiger partial charge in [-0.05, 0) is 97.9 Å². The normalized spacial score (nSPS) is 15.7. The minimum Gasteiger partial charge on any atom is -0.482 e. The first kappa shape index (κ1) is 41.2. The highest BCUT2D eigenvalue weighted by Gasteiger charge is 2.31. The van der Waals surface area contributed by atoms with Gasteiger partial charge in [-0.1, -0.05) is 72.2 Å². The number of halogens is 1. The molecule has 1 unspecified atom stereocenters. The molecule has 10 heteroatoms. The molecule has 1 aliphatic carbocycles. The monoisotopic (exact) mass is 725 g/mol. The number of aliphatic imine (C=N–C) groups is 1. The van der Waals surface area contributed by atoms with E-state index in [1.165, 1.54) is 5.56 Å². The summed E-state index contributed by atoms with van der Waals surface area (Å²) in [6, 6.07) is 12.1. The number of hydrogen-bond donors (Lipinski definition) is 1. The van der Waals surface area contributed by atoms with Crippen LogP contribution in [0.25, 0.3) is 0 Å². The van der Waals surface area contributed by atoms with Gasteiger partial charge in [0.15, 0.2) is 11.9 Å². The topological polar surface area (TPSA) is 105 Å². The summed E-state index contributed by atoms with van der Waals surface area (Å²) >= 11 is 6.57. The fourth-order valence-electron chi connectivity index (χ4n) is 5.75. The van der Waals surface area contributed by atoms with Gasteiger partial charge in [0.2, 0.25) is 15.8 Å². The highest BCUT2D eigenvalue weighted by Crippen LogP contribution is 2.39. The lowest BCUT2D eigenvalue weighted by molar-refractivity contribution is -0.126. The number of ether oxygens (including phenoxy) is 1. The molecule has 8 nitrogen and oxygen atoms in total. The summed E-state index contributed by atoms with van der Waals surface area (Å²) in [5.41, 5.74) is 6.03. The Morgan fingerprint density at radius 1 is 1.00 bits per heavy atom. The molecule has 0 aliphatic heterocycles. The van der Waals surface area contributed by atoms with Crippen molar-refractivity contribution in [3.05, 3.63) is 75.3 Å². The molecule has 0 radical (unpaired) electrons. The molecule has 0 fully saturated rings. The maximum atomic E-state index is 13.8. The second-order valence-corrected chi connectivity index (χ2v) is 16.7. The molecule has 1 N–H and O–H groups in total. The van der Waals surface area contributed by atoms with Gasteiger partial charge in [0.1, 0.15) is 5.75 Å². The van der Waals surface area contributed by atoms with E-state index in [0.29, 0.717) is 48.8 Å². The largest absolute Gasteiger partial charge is 0.482 e. The number of carbonyl (C=O) groups is 2. The zero-order valence-corrected chi connectivity index (χ0v) is 33.4. The third kappa shape index (κ3) is 10.2. The number of nitrogens with one attached hydrogen (secondary N) is 1. The number of likely N-dealkylation sites (N-methyl/N-ethyl adjacent to an activating group) is 1. The van der Waals surface area contributed by atoms with Crippen LogP contribution in [0, 0.1) is 6.92 Å². The summed E-state index contributed by atoms with van der Waals surface area (Å²) in [7, 11) is -3.27. The summed E-state index contributed by atoms with van der Waals surface area (Å²) in [6.45, 7) is 22.3. The van der Waals surface area contributed by atoms with Crippen molar-refractivity contribution in [1.82, 2.24) is 4.72 Å². The van der Waals surface area contributed by atoms with Crippen molar-refractivity contribution in [1.29, 1.82) is 0 Å². The first-order chi connectivity index (χ1) is 23.3. The van der Waals surface area contributed by atoms with E-state index in [1.807, 2.05) is 45.0 Å². The van der Waals surface area contributed by atoms with Gasteiger partial charge < -0.3 is 9.64 Å². The second kappa shape index (κ2) is 16.8. The molecule has 0 saturated carbocycles. The van der Waals surface area contributed by atoms with Crippen LogP contribution in [-0.4, -0.2) is 57.7 Å². The smallest absolute Gasteiger partial charge is 0.208 e. The molecule has 0 spiro atoms. The number of sulfonamides is 1. The van der Waals surface area contributed by atoms with Crippen LogP contribution < -0.4 is 14.4 Å². The Morgan fingerprint density at radius 3 is 2.22 bits per heavy atom. The van der Waals surface area contributed by atoms with Crippen molar-refractivity contribution in [2.75, 3.05) is 30.8 Å². The van der Waals surface area contributed by atoms with E-state index in [-0.39, 0.29) is 39.4 Å². The molecule has 0 aromatic heterocycles. The number of allylic oxidation sites excluding steroid dienone is 4. The van der Waals surface area contributed by atoms with Gasteiger partial charge in [-0.15, -0.1) is 0 Å². The molecule has 0 amide bonds. The van der Waals surface area contributed by atoms with Crippen LogP contribution in [0.5, 0.6) is 5.75 Å². The minimum atomic E-state index is -3.27. The zero-order chi connectivity index (χ0) is 37.6. The molecule has 3 rings (SSSR count). The van der Waals surface area contributed by atoms with Gasteiger partial charge in [0.25, 0.3) is 0 Å². The SMILES string of the molecule is CCC(Oc1ccc(C(C)(C)CC)cc1C(C)(C)CC)C(=O)CC1=CC(=Nc2ccc(N(CC)CCNS(C)(=O)=O)cc2C)C(C)=C(Cl)C1=O. The lowest BCUT2D eigenvalue weighted by Gasteiger charge is -2.31. The summed E-state index contributed by atoms with van der Waals surface area (Å²) in [6.07, 6.45) is 4.29. The Balaban J connectivity index is 1.89. The Labute approximate surface area is 305 Å². The molecule has 0 heterocycles. The number of carbonyl (C=O) groups excluding carboxylic acids is 2. The standard InChI is InChI=1S/C40H56ClN3O5S/c1-12-35(49-36-19-16-29(39(7,8)13-2)25-31(36)40(9,10)14-3)34(45)24-28-23-33(27(6)37(41)38(28)46)43-32-18-17-30(22-26(32)5)44(15-4)21-20-42-50(11,47)48/h16-19,22-23,25,35,42H,12-15,20-21,24H2,1-11H3. The molecular formula is C40H56ClN3O5S. The molecule has 0 saturated heterocycles. The summed E-state index contributed by atoms with van der Waals surface area (Å²) < 4.78 is 32.0. The van der Waals surface area contributed by atoms with E-state index in [9.17, 15) is 18.0 Å². The number of Topliss-reactive ketones (excluding diaryl/α,β-unsaturated/α-hetero) is 2. The third-order valence-electron chi connectivity index (χ3n) is 10.1. The average molecular weight is 726 g/mol. The number of rotatable bonds is 17. The van der Waals surface area contributed by atoms with Crippen molar-refractivity contribution in [2.45, 2.75) is 112 Å². The van der Waals surface area contributed by atoms with Crippen LogP contribution >= 0.6 is 11.6 Å². The number of anilines is 1. The quantitative estimate of drug-likeness (QED) is 0.164. The molecule has 0 bridgehead atoms. The maximum Gasteiger partial charge on any atom is 0.208 e. The number of aryl methyl sites for hydroxylation is 1. The first-order valence-corrected chi connectivity index (χ1v) is 19.9. The molecule has 2 aromatic carbocycles. The highest BCUT2D eigenvalue weighted by atomic mass is 35.5. The first-order valence-electron chi connectivity index (χ1n) is 17.6. The average Bonchev–Trinajstić information content (AvgIpc) is 3.06. The van der Waals surface area contributed by atoms with Crippen LogP contribution in [0.15, 0.2) is 63.6 Å². The van der Waals surface area contributed by atoms with E-state index < -0.39 is 16.1 Å². The van der Waals surface area contributed by atoms with Crippen LogP contribution in [0.2, 0.25) is 0 Å². The Hall–Kier alpha value is -3.27. The number of benzene rings is 2. The van der Waals surface area contributed by atoms with Crippen LogP contribution in [-0.2, 0) is 30.4 Å². The second-order valence-electron chi connectivity index (χ2n) is 14.5. The van der Waals surface area contributed by atoms with Crippen molar-refractivity contribution in [3.8, 4) is 5.75 Å². The molecular weight excluding hydrogens is 670 g/mol. The predicted molar refractivity (Wildman–Crippen MR) is 208 cm³/mol. The summed E-state index contributed by atoms with van der Waals surface area (Å²) in [5.74, 6) is 0.123. The van der Waals surface area contributed by atoms with E-state index in [1.54, 1.807) is 13.0 Å². The maximum absolute atomic E-state index is 13.8. The lowest BCUT2D eigenvalue weighted by Crippen LogP contribution is -2.34. The summed E-state index contributed by atoms with van der Waals surface area (Å²) in [4.78, 5) is 34.1. The summed E-state index contributed by atoms with van der Waals surface area (Å²) in [5, 5.41) is 0.0499. The van der Waals surface area contributed by atoms with Crippen molar-refractivity contribution < 1.29 is 22.7 Å². The third-order valence-corrected chi connectivity index (χ3v) is 11.2. The van der Waals surface area contributed by atoms with E-state index in [0.717, 1.165) is 35.9 Å². The molecule has 2 aromatic rings. The van der Waals surface area contributed by atoms with Crippen molar-refractivity contribution in [2.24, 2.45) is 4.99 Å². The minimum absolute atomic E-state index is 0.00473. The fraction of sp³-hybridized carbons (Fsp3) is 0.525. The number of ketones is 2. The van der Waals surface area contributed by atoms with Gasteiger partial charge in [0, 0.05) is 42.9 Å². The molecule has 1 atom stereocenters. The molecule has 50 heavy (non-hydrogen) atoms. The molecule has 274 valence electrons. The van der Waals surface area contributed by atoms with Gasteiger partial charge in [-0.3, -0.25) is 9.59 Å².